The molecular weight excluding hydrogens is 415 g/mol. The summed E-state index contributed by atoms with van der Waals surface area (Å²) in [5.41, 5.74) is 3.19. The number of alkyl halides is 1. The maximum absolute atomic E-state index is 6.09. The van der Waals surface area contributed by atoms with E-state index in [2.05, 4.69) is 37.0 Å². The van der Waals surface area contributed by atoms with Gasteiger partial charge in [0.15, 0.2) is 0 Å². The lowest BCUT2D eigenvalue weighted by Gasteiger charge is -2.10. The average molecular weight is 427 g/mol. The molecule has 0 saturated heterocycles. The maximum Gasteiger partial charge on any atom is 0.0687 e. The Hall–Kier alpha value is -1.10. The van der Waals surface area contributed by atoms with Gasteiger partial charge < -0.3 is 0 Å². The zero-order chi connectivity index (χ0) is 14.8. The summed E-state index contributed by atoms with van der Waals surface area (Å²) in [4.78, 5) is 0.0306. The van der Waals surface area contributed by atoms with Gasteiger partial charge in [-0.1, -0.05) is 61.7 Å². The first-order valence-corrected chi connectivity index (χ1v) is 8.43. The first-order chi connectivity index (χ1) is 10.1. The van der Waals surface area contributed by atoms with Crippen molar-refractivity contribution in [1.29, 1.82) is 0 Å². The highest BCUT2D eigenvalue weighted by Gasteiger charge is 2.16. The van der Waals surface area contributed by atoms with Crippen LogP contribution in [0.4, 0.5) is 0 Å². The van der Waals surface area contributed by atoms with E-state index in [1.807, 2.05) is 65.6 Å². The Morgan fingerprint density at radius 1 is 1.10 bits per heavy atom. The molecule has 3 rings (SSSR count). The van der Waals surface area contributed by atoms with Gasteiger partial charge in [0.05, 0.1) is 16.7 Å². The molecule has 2 nitrogen and oxygen atoms in total. The lowest BCUT2D eigenvalue weighted by Crippen LogP contribution is -1.94. The number of hydrogen-bond acceptors (Lipinski definition) is 1. The van der Waals surface area contributed by atoms with Crippen LogP contribution in [0.3, 0.4) is 0 Å². The third kappa shape index (κ3) is 3.23. The number of benzene rings is 2. The quantitative estimate of drug-likeness (QED) is 0.486. The molecule has 0 aliphatic rings. The van der Waals surface area contributed by atoms with Crippen LogP contribution in [0.25, 0.3) is 5.69 Å². The number of nitrogens with zero attached hydrogens (tertiary/aromatic N) is 2. The van der Waals surface area contributed by atoms with Crippen molar-refractivity contribution in [1.82, 2.24) is 9.78 Å². The van der Waals surface area contributed by atoms with Crippen molar-refractivity contribution >= 4 is 43.5 Å². The van der Waals surface area contributed by atoms with E-state index in [0.717, 1.165) is 21.3 Å². The van der Waals surface area contributed by atoms with Crippen LogP contribution >= 0.6 is 43.5 Å². The van der Waals surface area contributed by atoms with Gasteiger partial charge in [-0.3, -0.25) is 0 Å². The summed E-state index contributed by atoms with van der Waals surface area (Å²) in [7, 11) is 0. The summed E-state index contributed by atoms with van der Waals surface area (Å²) in [5, 5.41) is 5.14. The van der Waals surface area contributed by atoms with Crippen LogP contribution < -0.4 is 0 Å². The Kier molecular flexibility index (Phi) is 4.48. The zero-order valence-electron chi connectivity index (χ0n) is 10.9. The minimum atomic E-state index is 0.0306. The van der Waals surface area contributed by atoms with Crippen molar-refractivity contribution in [3.63, 3.8) is 0 Å². The molecule has 0 amide bonds. The van der Waals surface area contributed by atoms with Crippen LogP contribution in [0.1, 0.15) is 16.0 Å². The first kappa shape index (κ1) is 14.8. The number of para-hydroxylation sites is 1. The van der Waals surface area contributed by atoms with Crippen molar-refractivity contribution in [3.05, 3.63) is 81.5 Å². The minimum Gasteiger partial charge on any atom is -0.241 e. The molecule has 0 spiro atoms. The Morgan fingerprint density at radius 2 is 1.86 bits per heavy atom. The van der Waals surface area contributed by atoms with Crippen molar-refractivity contribution < 1.29 is 0 Å². The molecular formula is C16H11Br2ClN2. The van der Waals surface area contributed by atoms with Crippen molar-refractivity contribution in [2.75, 3.05) is 0 Å². The van der Waals surface area contributed by atoms with Gasteiger partial charge in [0.25, 0.3) is 0 Å². The van der Waals surface area contributed by atoms with Crippen LogP contribution in [0, 0.1) is 0 Å². The van der Waals surface area contributed by atoms with E-state index < -0.39 is 0 Å². The predicted octanol–water partition coefficient (Wildman–Crippen LogP) is 5.77. The molecule has 1 aromatic heterocycles. The summed E-state index contributed by atoms with van der Waals surface area (Å²) in [5.74, 6) is 0. The normalized spacial score (nSPS) is 12.3. The second-order valence-electron chi connectivity index (χ2n) is 4.58. The fourth-order valence-corrected chi connectivity index (χ4v) is 3.66. The average Bonchev–Trinajstić information content (AvgIpc) is 3.00. The summed E-state index contributed by atoms with van der Waals surface area (Å²) < 4.78 is 2.88. The van der Waals surface area contributed by atoms with E-state index in [9.17, 15) is 0 Å². The van der Waals surface area contributed by atoms with Gasteiger partial charge in [-0.2, -0.15) is 5.10 Å². The summed E-state index contributed by atoms with van der Waals surface area (Å²) in [6.07, 6.45) is 3.88. The van der Waals surface area contributed by atoms with E-state index in [0.29, 0.717) is 5.02 Å². The van der Waals surface area contributed by atoms with Crippen LogP contribution in [0.5, 0.6) is 0 Å². The maximum atomic E-state index is 6.09. The van der Waals surface area contributed by atoms with E-state index >= 15 is 0 Å². The van der Waals surface area contributed by atoms with E-state index in [4.69, 9.17) is 11.6 Å². The highest BCUT2D eigenvalue weighted by Crippen LogP contribution is 2.36. The molecule has 2 aromatic carbocycles. The first-order valence-electron chi connectivity index (χ1n) is 6.34. The van der Waals surface area contributed by atoms with Gasteiger partial charge in [0, 0.05) is 21.3 Å². The van der Waals surface area contributed by atoms with Crippen LogP contribution in [-0.4, -0.2) is 9.78 Å². The Morgan fingerprint density at radius 3 is 2.62 bits per heavy atom. The molecule has 0 N–H and O–H groups in total. The van der Waals surface area contributed by atoms with Crippen molar-refractivity contribution in [2.45, 2.75) is 4.83 Å². The fraction of sp³-hybridized carbons (Fsp3) is 0.0625. The van der Waals surface area contributed by atoms with Crippen LogP contribution in [0.15, 0.2) is 65.4 Å². The number of halogens is 3. The molecule has 3 aromatic rings. The third-order valence-corrected chi connectivity index (χ3v) is 5.13. The predicted molar refractivity (Wildman–Crippen MR) is 93.5 cm³/mol. The summed E-state index contributed by atoms with van der Waals surface area (Å²) >= 11 is 13.4. The van der Waals surface area contributed by atoms with Crippen molar-refractivity contribution in [3.8, 4) is 5.69 Å². The van der Waals surface area contributed by atoms with E-state index in [1.54, 1.807) is 0 Å². The highest BCUT2D eigenvalue weighted by atomic mass is 79.9. The molecule has 1 unspecified atom stereocenters. The fourth-order valence-electron chi connectivity index (χ4n) is 2.08. The topological polar surface area (TPSA) is 17.8 Å². The molecule has 0 radical (unpaired) electrons. The minimum absolute atomic E-state index is 0.0306. The molecule has 1 heterocycles. The molecule has 106 valence electrons. The second kappa shape index (κ2) is 6.34. The largest absolute Gasteiger partial charge is 0.241 e. The van der Waals surface area contributed by atoms with E-state index in [-0.39, 0.29) is 4.83 Å². The molecule has 21 heavy (non-hydrogen) atoms. The lowest BCUT2D eigenvalue weighted by atomic mass is 10.1. The summed E-state index contributed by atoms with van der Waals surface area (Å²) in [6.45, 7) is 0. The molecule has 0 bridgehead atoms. The molecule has 5 heteroatoms. The molecule has 0 fully saturated rings. The van der Waals surface area contributed by atoms with Gasteiger partial charge in [-0.15, -0.1) is 0 Å². The number of rotatable bonds is 3. The standard InChI is InChI=1S/C16H11Br2ClN2/c17-15-7-6-12(19)8-14(15)16(18)11-9-20-21(10-11)13-4-2-1-3-5-13/h1-10,16H. The lowest BCUT2D eigenvalue weighted by molar-refractivity contribution is 0.880. The van der Waals surface area contributed by atoms with Gasteiger partial charge in [-0.25, -0.2) is 4.68 Å². The molecule has 0 aliphatic carbocycles. The SMILES string of the molecule is Clc1ccc(Br)c(C(Br)c2cnn(-c3ccccc3)c2)c1. The monoisotopic (exact) mass is 424 g/mol. The Bertz CT molecular complexity index is 756. The van der Waals surface area contributed by atoms with Crippen LogP contribution in [-0.2, 0) is 0 Å². The van der Waals surface area contributed by atoms with E-state index in [1.165, 1.54) is 0 Å². The number of aromatic nitrogens is 2. The smallest absolute Gasteiger partial charge is 0.0687 e. The number of hydrogen-bond donors (Lipinski definition) is 0. The second-order valence-corrected chi connectivity index (χ2v) is 6.79. The van der Waals surface area contributed by atoms with Crippen LogP contribution in [0.2, 0.25) is 5.02 Å². The van der Waals surface area contributed by atoms with Gasteiger partial charge in [0.2, 0.25) is 0 Å². The molecule has 1 atom stereocenters. The Labute approximate surface area is 145 Å². The third-order valence-electron chi connectivity index (χ3n) is 3.15. The van der Waals surface area contributed by atoms with Crippen molar-refractivity contribution in [2.24, 2.45) is 0 Å². The van der Waals surface area contributed by atoms with Gasteiger partial charge in [0.1, 0.15) is 0 Å². The van der Waals surface area contributed by atoms with Gasteiger partial charge in [-0.05, 0) is 35.9 Å². The zero-order valence-corrected chi connectivity index (χ0v) is 14.8. The molecule has 0 saturated carbocycles. The Balaban J connectivity index is 1.94. The van der Waals surface area contributed by atoms with Gasteiger partial charge >= 0.3 is 0 Å². The molecule has 0 aliphatic heterocycles. The summed E-state index contributed by atoms with van der Waals surface area (Å²) in [6, 6.07) is 15.8. The highest BCUT2D eigenvalue weighted by molar-refractivity contribution is 9.11.